The van der Waals surface area contributed by atoms with Gasteiger partial charge in [-0.3, -0.25) is 4.79 Å². The third-order valence-electron chi connectivity index (χ3n) is 5.90. The van der Waals surface area contributed by atoms with E-state index in [9.17, 15) is 23.5 Å². The second-order valence-electron chi connectivity index (χ2n) is 7.75. The van der Waals surface area contributed by atoms with Crippen LogP contribution in [0.2, 0.25) is 0 Å². The van der Waals surface area contributed by atoms with Crippen LogP contribution in [0.15, 0.2) is 41.3 Å². The molecule has 0 aliphatic carbocycles. The SMILES string of the molecule is COc1ccccc1N1CCN(c2c(F)cc3c(=O)c(C(=O)O)cn(C)c3c2C(F)F)CC1. The summed E-state index contributed by atoms with van der Waals surface area (Å²) < 4.78 is 50.2. The molecule has 1 aliphatic rings. The second kappa shape index (κ2) is 8.68. The number of pyridine rings is 1. The van der Waals surface area contributed by atoms with Gasteiger partial charge in [-0.05, 0) is 18.2 Å². The average Bonchev–Trinajstić information content (AvgIpc) is 2.80. The van der Waals surface area contributed by atoms with E-state index >= 15 is 4.39 Å². The maximum atomic E-state index is 15.2. The Morgan fingerprint density at radius 3 is 2.36 bits per heavy atom. The molecule has 4 rings (SSSR count). The number of aryl methyl sites for hydroxylation is 1. The minimum atomic E-state index is -3.08. The predicted molar refractivity (Wildman–Crippen MR) is 118 cm³/mol. The lowest BCUT2D eigenvalue weighted by Gasteiger charge is -2.38. The fourth-order valence-corrected chi connectivity index (χ4v) is 4.41. The monoisotopic (exact) mass is 461 g/mol. The number of nitrogens with zero attached hydrogens (tertiary/aromatic N) is 3. The standard InChI is InChI=1S/C23H22F3N3O4/c1-27-12-14(23(31)32)21(30)13-11-15(24)20(18(19(13)27)22(25)26)29-9-7-28(8-10-29)16-5-3-4-6-17(16)33-2/h3-6,11-12,22H,7-10H2,1-2H3,(H,31,32). The number of fused-ring (bicyclic) bond motifs is 1. The van der Waals surface area contributed by atoms with Crippen LogP contribution < -0.4 is 20.0 Å². The molecule has 1 aliphatic heterocycles. The number of benzene rings is 2. The van der Waals surface area contributed by atoms with E-state index in [0.29, 0.717) is 18.8 Å². The number of hydrogen-bond donors (Lipinski definition) is 1. The van der Waals surface area contributed by atoms with Crippen molar-refractivity contribution in [2.45, 2.75) is 6.43 Å². The Kier molecular flexibility index (Phi) is 5.92. The number of hydrogen-bond acceptors (Lipinski definition) is 5. The highest BCUT2D eigenvalue weighted by Gasteiger charge is 2.30. The van der Waals surface area contributed by atoms with E-state index < -0.39 is 34.8 Å². The molecule has 0 unspecified atom stereocenters. The second-order valence-corrected chi connectivity index (χ2v) is 7.75. The molecule has 2 aromatic carbocycles. The van der Waals surface area contributed by atoms with Gasteiger partial charge in [-0.2, -0.15) is 0 Å². The van der Waals surface area contributed by atoms with Gasteiger partial charge in [0.25, 0.3) is 6.43 Å². The van der Waals surface area contributed by atoms with Gasteiger partial charge in [0.2, 0.25) is 5.43 Å². The van der Waals surface area contributed by atoms with Gasteiger partial charge in [-0.1, -0.05) is 12.1 Å². The molecule has 7 nitrogen and oxygen atoms in total. The van der Waals surface area contributed by atoms with Crippen molar-refractivity contribution in [3.63, 3.8) is 0 Å². The summed E-state index contributed by atoms with van der Waals surface area (Å²) in [5.74, 6) is -1.81. The van der Waals surface area contributed by atoms with Crippen LogP contribution in [-0.2, 0) is 7.05 Å². The van der Waals surface area contributed by atoms with Crippen molar-refractivity contribution >= 4 is 28.2 Å². The summed E-state index contributed by atoms with van der Waals surface area (Å²) in [7, 11) is 2.93. The lowest BCUT2D eigenvalue weighted by Crippen LogP contribution is -2.47. The molecule has 10 heteroatoms. The molecule has 0 amide bonds. The minimum Gasteiger partial charge on any atom is -0.495 e. The molecule has 0 bridgehead atoms. The van der Waals surface area contributed by atoms with Crippen LogP contribution in [0, 0.1) is 5.82 Å². The van der Waals surface area contributed by atoms with Crippen LogP contribution in [0.5, 0.6) is 5.75 Å². The Balaban J connectivity index is 1.77. The van der Waals surface area contributed by atoms with E-state index in [1.807, 2.05) is 29.2 Å². The molecule has 1 aromatic heterocycles. The smallest absolute Gasteiger partial charge is 0.341 e. The molecule has 0 atom stereocenters. The summed E-state index contributed by atoms with van der Waals surface area (Å²) in [5, 5.41) is 8.85. The first-order valence-corrected chi connectivity index (χ1v) is 10.2. The number of anilines is 2. The molecule has 0 spiro atoms. The summed E-state index contributed by atoms with van der Waals surface area (Å²) in [6.45, 7) is 1.41. The fourth-order valence-electron chi connectivity index (χ4n) is 4.41. The molecule has 3 aromatic rings. The largest absolute Gasteiger partial charge is 0.495 e. The molecular weight excluding hydrogens is 439 g/mol. The van der Waals surface area contributed by atoms with E-state index in [4.69, 9.17) is 4.74 Å². The highest BCUT2D eigenvalue weighted by atomic mass is 19.3. The number of para-hydroxylation sites is 2. The molecule has 0 saturated carbocycles. The van der Waals surface area contributed by atoms with Gasteiger partial charge in [0.1, 0.15) is 17.1 Å². The van der Waals surface area contributed by atoms with Gasteiger partial charge in [0.05, 0.1) is 35.0 Å². The zero-order chi connectivity index (χ0) is 23.9. The van der Waals surface area contributed by atoms with Crippen LogP contribution in [-0.4, -0.2) is 48.9 Å². The number of carboxylic acids is 1. The minimum absolute atomic E-state index is 0.177. The summed E-state index contributed by atoms with van der Waals surface area (Å²) in [6.07, 6.45) is -2.09. The topological polar surface area (TPSA) is 75.0 Å². The lowest BCUT2D eigenvalue weighted by atomic mass is 10.0. The van der Waals surface area contributed by atoms with Crippen LogP contribution in [0.3, 0.4) is 0 Å². The number of halogens is 3. The molecule has 0 radical (unpaired) electrons. The number of rotatable bonds is 5. The number of carbonyl (C=O) groups is 1. The van der Waals surface area contributed by atoms with Gasteiger partial charge < -0.3 is 24.2 Å². The first kappa shape index (κ1) is 22.5. The number of aromatic nitrogens is 1. The fraction of sp³-hybridized carbons (Fsp3) is 0.304. The Morgan fingerprint density at radius 1 is 1.12 bits per heavy atom. The summed E-state index contributed by atoms with van der Waals surface area (Å²) >= 11 is 0. The van der Waals surface area contributed by atoms with Crippen LogP contribution in [0.4, 0.5) is 24.5 Å². The maximum Gasteiger partial charge on any atom is 0.341 e. The van der Waals surface area contributed by atoms with E-state index in [1.54, 1.807) is 7.11 Å². The Labute approximate surface area is 187 Å². The average molecular weight is 461 g/mol. The van der Waals surface area contributed by atoms with E-state index in [0.717, 1.165) is 22.5 Å². The number of piperazine rings is 1. The molecule has 1 saturated heterocycles. The third-order valence-corrected chi connectivity index (χ3v) is 5.90. The normalized spacial score (nSPS) is 14.2. The first-order chi connectivity index (χ1) is 15.7. The molecule has 174 valence electrons. The number of alkyl halides is 2. The van der Waals surface area contributed by atoms with Gasteiger partial charge >= 0.3 is 5.97 Å². The highest BCUT2D eigenvalue weighted by molar-refractivity contribution is 5.95. The number of ether oxygens (including phenoxy) is 1. The quantitative estimate of drug-likeness (QED) is 0.625. The van der Waals surface area contributed by atoms with E-state index in [1.165, 1.54) is 11.9 Å². The van der Waals surface area contributed by atoms with Crippen molar-refractivity contribution in [3.05, 3.63) is 63.7 Å². The van der Waals surface area contributed by atoms with Crippen molar-refractivity contribution in [2.24, 2.45) is 7.05 Å². The lowest BCUT2D eigenvalue weighted by molar-refractivity contribution is 0.0695. The molecule has 2 heterocycles. The van der Waals surface area contributed by atoms with Gasteiger partial charge in [-0.25, -0.2) is 18.0 Å². The Morgan fingerprint density at radius 2 is 1.76 bits per heavy atom. The van der Waals surface area contributed by atoms with Crippen LogP contribution in [0.25, 0.3) is 10.9 Å². The van der Waals surface area contributed by atoms with Crippen molar-refractivity contribution < 1.29 is 27.8 Å². The number of carboxylic acid groups (broad SMARTS) is 1. The summed E-state index contributed by atoms with van der Waals surface area (Å²) in [4.78, 5) is 27.5. The first-order valence-electron chi connectivity index (χ1n) is 10.2. The van der Waals surface area contributed by atoms with Crippen LogP contribution in [0.1, 0.15) is 22.3 Å². The maximum absolute atomic E-state index is 15.2. The van der Waals surface area contributed by atoms with Crippen molar-refractivity contribution in [2.75, 3.05) is 43.1 Å². The van der Waals surface area contributed by atoms with E-state index in [-0.39, 0.29) is 29.7 Å². The van der Waals surface area contributed by atoms with Gasteiger partial charge in [-0.15, -0.1) is 0 Å². The van der Waals surface area contributed by atoms with E-state index in [2.05, 4.69) is 0 Å². The molecule has 1 N–H and O–H groups in total. The highest BCUT2D eigenvalue weighted by Crippen LogP contribution is 2.39. The molecular formula is C23H22F3N3O4. The number of methoxy groups -OCH3 is 1. The van der Waals surface area contributed by atoms with Crippen molar-refractivity contribution in [1.29, 1.82) is 0 Å². The van der Waals surface area contributed by atoms with Crippen LogP contribution >= 0.6 is 0 Å². The zero-order valence-corrected chi connectivity index (χ0v) is 18.0. The summed E-state index contributed by atoms with van der Waals surface area (Å²) in [5.41, 5.74) is -1.81. The van der Waals surface area contributed by atoms with Crippen molar-refractivity contribution in [3.8, 4) is 5.75 Å². The van der Waals surface area contributed by atoms with Crippen molar-refractivity contribution in [1.82, 2.24) is 4.57 Å². The molecule has 1 fully saturated rings. The Hall–Kier alpha value is -3.69. The van der Waals surface area contributed by atoms with Gasteiger partial charge in [0.15, 0.2) is 0 Å². The summed E-state index contributed by atoms with van der Waals surface area (Å²) in [6, 6.07) is 8.29. The number of aromatic carboxylic acids is 1. The predicted octanol–water partition coefficient (Wildman–Crippen LogP) is 3.65. The van der Waals surface area contributed by atoms with Gasteiger partial charge in [0, 0.05) is 39.4 Å². The molecule has 33 heavy (non-hydrogen) atoms. The zero-order valence-electron chi connectivity index (χ0n) is 18.0. The third kappa shape index (κ3) is 3.85. The Bertz CT molecular complexity index is 1280.